The first-order valence-electron chi connectivity index (χ1n) is 4.21. The molecule has 0 heterocycles. The van der Waals surface area contributed by atoms with Crippen LogP contribution in [0.5, 0.6) is 0 Å². The standard InChI is InChI=1S/C10H11BrClNO/c1-13-10(14)9(12)8(11)7-5-3-2-4-6-7/h2-6,8-9H,1H3,(H,13,14)/t8-,9+/m1/s1. The molecule has 0 unspecified atom stereocenters. The summed E-state index contributed by atoms with van der Waals surface area (Å²) in [6.45, 7) is 0. The minimum absolute atomic E-state index is 0.162. The highest BCUT2D eigenvalue weighted by Crippen LogP contribution is 2.29. The maximum absolute atomic E-state index is 11.3. The van der Waals surface area contributed by atoms with E-state index in [0.717, 1.165) is 5.56 Å². The summed E-state index contributed by atoms with van der Waals surface area (Å²) in [4.78, 5) is 11.1. The molecule has 76 valence electrons. The fourth-order valence-corrected chi connectivity index (χ4v) is 1.88. The van der Waals surface area contributed by atoms with Gasteiger partial charge in [-0.05, 0) is 5.56 Å². The molecule has 0 saturated heterocycles. The minimum Gasteiger partial charge on any atom is -0.358 e. The van der Waals surface area contributed by atoms with Crippen molar-refractivity contribution in [3.05, 3.63) is 35.9 Å². The van der Waals surface area contributed by atoms with Gasteiger partial charge in [-0.1, -0.05) is 46.3 Å². The van der Waals surface area contributed by atoms with Crippen LogP contribution in [0.4, 0.5) is 0 Å². The molecule has 2 atom stereocenters. The maximum Gasteiger partial charge on any atom is 0.239 e. The molecule has 4 heteroatoms. The van der Waals surface area contributed by atoms with Crippen LogP contribution in [-0.2, 0) is 4.79 Å². The number of carbonyl (C=O) groups is 1. The summed E-state index contributed by atoms with van der Waals surface area (Å²) < 4.78 is 0. The van der Waals surface area contributed by atoms with Crippen LogP contribution >= 0.6 is 27.5 Å². The van der Waals surface area contributed by atoms with Crippen molar-refractivity contribution >= 4 is 33.4 Å². The largest absolute Gasteiger partial charge is 0.358 e. The van der Waals surface area contributed by atoms with Crippen molar-refractivity contribution in [3.63, 3.8) is 0 Å². The van der Waals surface area contributed by atoms with Crippen LogP contribution < -0.4 is 5.32 Å². The summed E-state index contributed by atoms with van der Waals surface area (Å²) in [5, 5.41) is 1.92. The van der Waals surface area contributed by atoms with Crippen molar-refractivity contribution in [3.8, 4) is 0 Å². The highest BCUT2D eigenvalue weighted by Gasteiger charge is 2.24. The number of rotatable bonds is 3. The molecule has 0 aliphatic rings. The fourth-order valence-electron chi connectivity index (χ4n) is 1.08. The minimum atomic E-state index is -0.595. The van der Waals surface area contributed by atoms with E-state index in [1.165, 1.54) is 0 Å². The molecule has 1 rings (SSSR count). The Kier molecular flexibility index (Phi) is 4.42. The molecule has 0 aliphatic carbocycles. The van der Waals surface area contributed by atoms with Gasteiger partial charge in [-0.25, -0.2) is 0 Å². The Morgan fingerprint density at radius 1 is 1.43 bits per heavy atom. The fraction of sp³-hybridized carbons (Fsp3) is 0.300. The molecule has 2 nitrogen and oxygen atoms in total. The van der Waals surface area contributed by atoms with Crippen LogP contribution in [0.25, 0.3) is 0 Å². The first-order chi connectivity index (χ1) is 6.66. The van der Waals surface area contributed by atoms with E-state index >= 15 is 0 Å². The van der Waals surface area contributed by atoms with Gasteiger partial charge in [0, 0.05) is 7.05 Å². The van der Waals surface area contributed by atoms with E-state index in [1.807, 2.05) is 30.3 Å². The average Bonchev–Trinajstić information content (AvgIpc) is 2.27. The summed E-state index contributed by atoms with van der Waals surface area (Å²) in [7, 11) is 1.57. The first kappa shape index (κ1) is 11.5. The summed E-state index contributed by atoms with van der Waals surface area (Å²) in [6.07, 6.45) is 0. The average molecular weight is 277 g/mol. The number of carbonyl (C=O) groups excluding carboxylic acids is 1. The summed E-state index contributed by atoms with van der Waals surface area (Å²) in [6, 6.07) is 9.61. The molecule has 14 heavy (non-hydrogen) atoms. The van der Waals surface area contributed by atoms with Gasteiger partial charge in [0.05, 0.1) is 4.83 Å². The molecule has 0 aromatic heterocycles. The summed E-state index contributed by atoms with van der Waals surface area (Å²) in [5.74, 6) is -0.183. The van der Waals surface area contributed by atoms with E-state index in [1.54, 1.807) is 7.05 Å². The topological polar surface area (TPSA) is 29.1 Å². The second-order valence-electron chi connectivity index (χ2n) is 2.83. The van der Waals surface area contributed by atoms with E-state index in [4.69, 9.17) is 11.6 Å². The Hall–Kier alpha value is -0.540. The Bertz CT molecular complexity index is 304. The molecular formula is C10H11BrClNO. The number of benzene rings is 1. The Balaban J connectivity index is 2.75. The normalized spacial score (nSPS) is 14.5. The quantitative estimate of drug-likeness (QED) is 0.844. The number of halogens is 2. The van der Waals surface area contributed by atoms with Gasteiger partial charge in [-0.15, -0.1) is 11.6 Å². The smallest absolute Gasteiger partial charge is 0.239 e. The number of alkyl halides is 2. The van der Waals surface area contributed by atoms with E-state index in [-0.39, 0.29) is 10.7 Å². The van der Waals surface area contributed by atoms with Gasteiger partial charge in [-0.2, -0.15) is 0 Å². The van der Waals surface area contributed by atoms with E-state index < -0.39 is 5.38 Å². The third kappa shape index (κ3) is 2.72. The second kappa shape index (κ2) is 5.37. The second-order valence-corrected chi connectivity index (χ2v) is 4.29. The van der Waals surface area contributed by atoms with Crippen molar-refractivity contribution in [2.24, 2.45) is 0 Å². The third-order valence-electron chi connectivity index (χ3n) is 1.87. The molecule has 1 aromatic rings. The van der Waals surface area contributed by atoms with Crippen LogP contribution in [0.15, 0.2) is 30.3 Å². The summed E-state index contributed by atoms with van der Waals surface area (Å²) in [5.41, 5.74) is 0.996. The molecule has 1 aromatic carbocycles. The third-order valence-corrected chi connectivity index (χ3v) is 3.68. The molecule has 1 amide bonds. The predicted octanol–water partition coefficient (Wildman–Crippen LogP) is 2.48. The number of amides is 1. The molecule has 0 spiro atoms. The lowest BCUT2D eigenvalue weighted by Crippen LogP contribution is -2.30. The lowest BCUT2D eigenvalue weighted by atomic mass is 10.1. The number of hydrogen-bond donors (Lipinski definition) is 1. The molecule has 0 aliphatic heterocycles. The Morgan fingerprint density at radius 3 is 2.50 bits per heavy atom. The zero-order chi connectivity index (χ0) is 10.6. The highest BCUT2D eigenvalue weighted by molar-refractivity contribution is 9.09. The Morgan fingerprint density at radius 2 is 2.00 bits per heavy atom. The van der Waals surface area contributed by atoms with Crippen LogP contribution in [0.1, 0.15) is 10.4 Å². The van der Waals surface area contributed by atoms with Crippen molar-refractivity contribution in [1.82, 2.24) is 5.32 Å². The van der Waals surface area contributed by atoms with Crippen molar-refractivity contribution in [2.45, 2.75) is 10.2 Å². The van der Waals surface area contributed by atoms with Gasteiger partial charge in [0.1, 0.15) is 5.38 Å². The van der Waals surface area contributed by atoms with Crippen LogP contribution in [-0.4, -0.2) is 18.3 Å². The number of hydrogen-bond acceptors (Lipinski definition) is 1. The zero-order valence-electron chi connectivity index (χ0n) is 7.71. The molecule has 0 fully saturated rings. The molecule has 0 bridgehead atoms. The first-order valence-corrected chi connectivity index (χ1v) is 5.56. The molecule has 0 radical (unpaired) electrons. The molecule has 1 N–H and O–H groups in total. The van der Waals surface area contributed by atoms with Crippen molar-refractivity contribution < 1.29 is 4.79 Å². The summed E-state index contributed by atoms with van der Waals surface area (Å²) >= 11 is 9.36. The van der Waals surface area contributed by atoms with Crippen molar-refractivity contribution in [2.75, 3.05) is 7.05 Å². The van der Waals surface area contributed by atoms with Gasteiger partial charge >= 0.3 is 0 Å². The van der Waals surface area contributed by atoms with Crippen LogP contribution in [0.3, 0.4) is 0 Å². The Labute approximate surface area is 96.8 Å². The van der Waals surface area contributed by atoms with Crippen LogP contribution in [0, 0.1) is 0 Å². The van der Waals surface area contributed by atoms with Crippen molar-refractivity contribution in [1.29, 1.82) is 0 Å². The van der Waals surface area contributed by atoms with E-state index in [0.29, 0.717) is 0 Å². The van der Waals surface area contributed by atoms with E-state index in [2.05, 4.69) is 21.2 Å². The predicted molar refractivity (Wildman–Crippen MR) is 61.8 cm³/mol. The van der Waals surface area contributed by atoms with E-state index in [9.17, 15) is 4.79 Å². The van der Waals surface area contributed by atoms with Gasteiger partial charge in [0.25, 0.3) is 0 Å². The maximum atomic E-state index is 11.3. The van der Waals surface area contributed by atoms with Gasteiger partial charge in [0.2, 0.25) is 5.91 Å². The molecule has 0 saturated carbocycles. The highest BCUT2D eigenvalue weighted by atomic mass is 79.9. The van der Waals surface area contributed by atoms with Gasteiger partial charge < -0.3 is 5.32 Å². The van der Waals surface area contributed by atoms with Gasteiger partial charge in [0.15, 0.2) is 0 Å². The lowest BCUT2D eigenvalue weighted by molar-refractivity contribution is -0.120. The SMILES string of the molecule is CNC(=O)[C@@H](Cl)[C@H](Br)c1ccccc1. The van der Waals surface area contributed by atoms with Gasteiger partial charge in [-0.3, -0.25) is 4.79 Å². The van der Waals surface area contributed by atoms with Crippen LogP contribution in [0.2, 0.25) is 0 Å². The molecular weight excluding hydrogens is 265 g/mol. The zero-order valence-corrected chi connectivity index (χ0v) is 10.0. The monoisotopic (exact) mass is 275 g/mol. The lowest BCUT2D eigenvalue weighted by Gasteiger charge is -2.14. The number of nitrogens with one attached hydrogen (secondary N) is 1.